The lowest BCUT2D eigenvalue weighted by molar-refractivity contribution is 1.07. The minimum atomic E-state index is 0.610. The van der Waals surface area contributed by atoms with Gasteiger partial charge in [-0.15, -0.1) is 0 Å². The molecular formula is C55H36N4. The van der Waals surface area contributed by atoms with Crippen LogP contribution in [0.2, 0.25) is 0 Å². The second-order valence-corrected chi connectivity index (χ2v) is 14.8. The molecule has 0 aliphatic rings. The first kappa shape index (κ1) is 34.3. The number of para-hydroxylation sites is 2. The lowest BCUT2D eigenvalue weighted by atomic mass is 9.92. The average molecular weight is 753 g/mol. The molecule has 9 aromatic carbocycles. The van der Waals surface area contributed by atoms with Gasteiger partial charge < -0.3 is 4.57 Å². The highest BCUT2D eigenvalue weighted by Crippen LogP contribution is 2.43. The first-order valence-electron chi connectivity index (χ1n) is 19.9. The molecule has 11 rings (SSSR count). The summed E-state index contributed by atoms with van der Waals surface area (Å²) >= 11 is 0. The van der Waals surface area contributed by atoms with Gasteiger partial charge in [0.1, 0.15) is 0 Å². The van der Waals surface area contributed by atoms with E-state index in [1.807, 2.05) is 24.3 Å². The Morgan fingerprint density at radius 1 is 0.271 bits per heavy atom. The van der Waals surface area contributed by atoms with E-state index in [4.69, 9.17) is 15.0 Å². The molecule has 0 saturated heterocycles. The lowest BCUT2D eigenvalue weighted by Crippen LogP contribution is -2.05. The molecule has 0 spiro atoms. The zero-order valence-electron chi connectivity index (χ0n) is 32.1. The summed E-state index contributed by atoms with van der Waals surface area (Å²) in [6.45, 7) is 0. The van der Waals surface area contributed by atoms with Crippen molar-refractivity contribution in [2.24, 2.45) is 0 Å². The highest BCUT2D eigenvalue weighted by Gasteiger charge is 2.23. The first-order chi connectivity index (χ1) is 29.3. The Balaban J connectivity index is 1.18. The number of hydrogen-bond acceptors (Lipinski definition) is 3. The summed E-state index contributed by atoms with van der Waals surface area (Å²) < 4.78 is 2.39. The van der Waals surface area contributed by atoms with E-state index in [1.54, 1.807) is 0 Å². The summed E-state index contributed by atoms with van der Waals surface area (Å²) in [6.07, 6.45) is 0. The Kier molecular flexibility index (Phi) is 8.45. The van der Waals surface area contributed by atoms with Crippen LogP contribution in [-0.2, 0) is 0 Å². The Morgan fingerprint density at radius 2 is 0.695 bits per heavy atom. The summed E-state index contributed by atoms with van der Waals surface area (Å²) in [5.74, 6) is 1.84. The van der Waals surface area contributed by atoms with Crippen molar-refractivity contribution in [2.75, 3.05) is 0 Å². The van der Waals surface area contributed by atoms with E-state index in [2.05, 4.69) is 199 Å². The molecule has 276 valence electrons. The van der Waals surface area contributed by atoms with Crippen molar-refractivity contribution >= 4 is 32.6 Å². The van der Waals surface area contributed by atoms with E-state index >= 15 is 0 Å². The highest BCUT2D eigenvalue weighted by atomic mass is 15.1. The smallest absolute Gasteiger partial charge is 0.166 e. The Morgan fingerprint density at radius 3 is 1.32 bits per heavy atom. The molecule has 0 atom stereocenters. The molecule has 4 heteroatoms. The van der Waals surface area contributed by atoms with E-state index < -0.39 is 0 Å². The Bertz CT molecular complexity index is 3250. The van der Waals surface area contributed by atoms with Crippen molar-refractivity contribution in [1.29, 1.82) is 0 Å². The fourth-order valence-corrected chi connectivity index (χ4v) is 8.47. The number of nitrogens with zero attached hydrogens (tertiary/aromatic N) is 4. The quantitative estimate of drug-likeness (QED) is 0.163. The summed E-state index contributed by atoms with van der Waals surface area (Å²) in [6, 6.07) is 76.9. The van der Waals surface area contributed by atoms with Crippen LogP contribution < -0.4 is 0 Å². The molecule has 0 saturated carbocycles. The maximum atomic E-state index is 5.44. The molecule has 0 N–H and O–H groups in total. The minimum absolute atomic E-state index is 0.610. The summed E-state index contributed by atoms with van der Waals surface area (Å²) in [7, 11) is 0. The van der Waals surface area contributed by atoms with Gasteiger partial charge in [0.2, 0.25) is 0 Å². The van der Waals surface area contributed by atoms with E-state index in [1.165, 1.54) is 21.9 Å². The van der Waals surface area contributed by atoms with Gasteiger partial charge in [-0.1, -0.05) is 194 Å². The molecule has 0 fully saturated rings. The molecule has 2 heterocycles. The third kappa shape index (κ3) is 6.15. The number of rotatable bonds is 7. The molecule has 2 aromatic heterocycles. The molecule has 11 aromatic rings. The zero-order valence-corrected chi connectivity index (χ0v) is 32.1. The third-order valence-corrected chi connectivity index (χ3v) is 11.3. The van der Waals surface area contributed by atoms with Crippen LogP contribution in [0.3, 0.4) is 0 Å². The van der Waals surface area contributed by atoms with Gasteiger partial charge in [-0.3, -0.25) is 0 Å². The third-order valence-electron chi connectivity index (χ3n) is 11.3. The average Bonchev–Trinajstić information content (AvgIpc) is 3.66. The van der Waals surface area contributed by atoms with Gasteiger partial charge in [0.15, 0.2) is 17.5 Å². The lowest BCUT2D eigenvalue weighted by Gasteiger charge is -2.20. The monoisotopic (exact) mass is 752 g/mol. The van der Waals surface area contributed by atoms with E-state index in [0.29, 0.717) is 17.5 Å². The zero-order chi connectivity index (χ0) is 39.1. The van der Waals surface area contributed by atoms with Crippen molar-refractivity contribution < 1.29 is 0 Å². The van der Waals surface area contributed by atoms with Crippen LogP contribution in [0.15, 0.2) is 218 Å². The molecule has 4 nitrogen and oxygen atoms in total. The standard InChI is InChI=1S/C55H36N4/c1-4-17-37(18-5-1)38-31-33-39(34-32-38)42-23-16-24-43(35-42)54-56-53(41-21-8-3-9-22-41)57-55(58-54)52-47-28-11-10-25-44(47)48(40-19-6-2-7-20-40)36-51(52)59-49-29-14-12-26-45(49)46-27-13-15-30-50(46)59/h1-36H. The van der Waals surface area contributed by atoms with E-state index in [9.17, 15) is 0 Å². The summed E-state index contributed by atoms with van der Waals surface area (Å²) in [4.78, 5) is 16.0. The van der Waals surface area contributed by atoms with E-state index in [0.717, 1.165) is 66.4 Å². The molecule has 0 aliphatic carbocycles. The molecule has 0 bridgehead atoms. The fraction of sp³-hybridized carbons (Fsp3) is 0. The number of hydrogen-bond donors (Lipinski definition) is 0. The second kappa shape index (κ2) is 14.5. The minimum Gasteiger partial charge on any atom is -0.308 e. The first-order valence-corrected chi connectivity index (χ1v) is 19.9. The number of aromatic nitrogens is 4. The van der Waals surface area contributed by atoms with Crippen LogP contribution in [0.25, 0.3) is 106 Å². The largest absolute Gasteiger partial charge is 0.308 e. The van der Waals surface area contributed by atoms with Crippen LogP contribution in [0.1, 0.15) is 0 Å². The SMILES string of the molecule is c1ccc(-c2ccc(-c3cccc(-c4nc(-c5ccccc5)nc(-c5c(-n6c7ccccc7c7ccccc76)cc(-c6ccccc6)c6ccccc56)n4)c3)cc2)cc1. The highest BCUT2D eigenvalue weighted by molar-refractivity contribution is 6.13. The van der Waals surface area contributed by atoms with Crippen molar-refractivity contribution in [3.63, 3.8) is 0 Å². The van der Waals surface area contributed by atoms with Crippen LogP contribution in [0.5, 0.6) is 0 Å². The van der Waals surface area contributed by atoms with Gasteiger partial charge in [-0.2, -0.15) is 0 Å². The van der Waals surface area contributed by atoms with Crippen molar-refractivity contribution in [1.82, 2.24) is 19.5 Å². The van der Waals surface area contributed by atoms with Crippen molar-refractivity contribution in [3.8, 4) is 73.2 Å². The van der Waals surface area contributed by atoms with Crippen LogP contribution >= 0.6 is 0 Å². The predicted molar refractivity (Wildman–Crippen MR) is 244 cm³/mol. The number of fused-ring (bicyclic) bond motifs is 4. The molecular weight excluding hydrogens is 717 g/mol. The fourth-order valence-electron chi connectivity index (χ4n) is 8.47. The second-order valence-electron chi connectivity index (χ2n) is 14.8. The molecule has 0 unspecified atom stereocenters. The van der Waals surface area contributed by atoms with Crippen molar-refractivity contribution in [3.05, 3.63) is 218 Å². The Labute approximate surface area is 342 Å². The van der Waals surface area contributed by atoms with Crippen LogP contribution in [0, 0.1) is 0 Å². The normalized spacial score (nSPS) is 11.4. The van der Waals surface area contributed by atoms with Gasteiger partial charge in [0.25, 0.3) is 0 Å². The van der Waals surface area contributed by atoms with Gasteiger partial charge in [-0.25, -0.2) is 15.0 Å². The number of benzene rings is 9. The van der Waals surface area contributed by atoms with Gasteiger partial charge in [-0.05, 0) is 68.4 Å². The topological polar surface area (TPSA) is 43.6 Å². The van der Waals surface area contributed by atoms with Gasteiger partial charge in [0, 0.05) is 21.9 Å². The predicted octanol–water partition coefficient (Wildman–Crippen LogP) is 14.1. The molecule has 0 amide bonds. The maximum absolute atomic E-state index is 5.44. The maximum Gasteiger partial charge on any atom is 0.166 e. The summed E-state index contributed by atoms with van der Waals surface area (Å²) in [5, 5.41) is 4.58. The molecule has 0 aliphatic heterocycles. The molecule has 59 heavy (non-hydrogen) atoms. The van der Waals surface area contributed by atoms with Crippen molar-refractivity contribution in [2.45, 2.75) is 0 Å². The summed E-state index contributed by atoms with van der Waals surface area (Å²) in [5.41, 5.74) is 12.9. The van der Waals surface area contributed by atoms with Crippen LogP contribution in [0.4, 0.5) is 0 Å². The van der Waals surface area contributed by atoms with E-state index in [-0.39, 0.29) is 0 Å². The van der Waals surface area contributed by atoms with Crippen LogP contribution in [-0.4, -0.2) is 19.5 Å². The molecule has 0 radical (unpaired) electrons. The van der Waals surface area contributed by atoms with Gasteiger partial charge in [0.05, 0.1) is 22.3 Å². The Hall–Kier alpha value is -7.95. The van der Waals surface area contributed by atoms with Gasteiger partial charge >= 0.3 is 0 Å².